The minimum absolute atomic E-state index is 0.0680. The van der Waals surface area contributed by atoms with Crippen LogP contribution < -0.4 is 10.6 Å². The molecule has 1 aliphatic carbocycles. The summed E-state index contributed by atoms with van der Waals surface area (Å²) >= 11 is 0. The Bertz CT molecular complexity index is 612. The number of amides is 2. The van der Waals surface area contributed by atoms with Gasteiger partial charge in [0.2, 0.25) is 0 Å². The first-order chi connectivity index (χ1) is 11.8. The molecule has 2 aromatic rings. The van der Waals surface area contributed by atoms with Gasteiger partial charge in [0.05, 0.1) is 25.0 Å². The van der Waals surface area contributed by atoms with Gasteiger partial charge in [-0.05, 0) is 31.0 Å². The van der Waals surface area contributed by atoms with E-state index >= 15 is 0 Å². The third-order valence-electron chi connectivity index (χ3n) is 4.44. The molecule has 130 valence electrons. The maximum atomic E-state index is 12.5. The van der Waals surface area contributed by atoms with Crippen LogP contribution in [0.1, 0.15) is 43.5 Å². The second-order valence-electron chi connectivity index (χ2n) is 6.09. The van der Waals surface area contributed by atoms with Gasteiger partial charge in [-0.25, -0.2) is 4.79 Å². The lowest BCUT2D eigenvalue weighted by molar-refractivity contribution is 0.154. The SMILES string of the molecule is COC[C@H](NC(=O)N[C@@H]1CCCC[C@@H]1n1cccn1)c1ccco1. The van der Waals surface area contributed by atoms with Crippen LogP contribution >= 0.6 is 0 Å². The van der Waals surface area contributed by atoms with Crippen molar-refractivity contribution in [3.05, 3.63) is 42.6 Å². The topological polar surface area (TPSA) is 81.3 Å². The molecule has 1 aliphatic rings. The van der Waals surface area contributed by atoms with Gasteiger partial charge < -0.3 is 19.8 Å². The molecule has 0 aliphatic heterocycles. The lowest BCUT2D eigenvalue weighted by Gasteiger charge is -2.32. The Balaban J connectivity index is 1.62. The molecule has 2 heterocycles. The van der Waals surface area contributed by atoms with Gasteiger partial charge in [0, 0.05) is 19.5 Å². The largest absolute Gasteiger partial charge is 0.467 e. The number of furan rings is 1. The monoisotopic (exact) mass is 332 g/mol. The van der Waals surface area contributed by atoms with E-state index in [2.05, 4.69) is 15.7 Å². The molecule has 3 rings (SSSR count). The normalized spacial score (nSPS) is 22.0. The predicted molar refractivity (Wildman–Crippen MR) is 88.5 cm³/mol. The van der Waals surface area contributed by atoms with Gasteiger partial charge in [-0.15, -0.1) is 0 Å². The summed E-state index contributed by atoms with van der Waals surface area (Å²) in [6.07, 6.45) is 9.56. The first-order valence-corrected chi connectivity index (χ1v) is 8.36. The molecule has 0 bridgehead atoms. The number of hydrogen-bond acceptors (Lipinski definition) is 4. The summed E-state index contributed by atoms with van der Waals surface area (Å²) in [4.78, 5) is 12.5. The Labute approximate surface area is 141 Å². The standard InChI is InChI=1S/C17H24N4O3/c1-23-12-14(16-8-4-11-24-16)20-17(22)19-13-6-2-3-7-15(13)21-10-5-9-18-21/h4-5,8-11,13-15H,2-3,6-7,12H2,1H3,(H2,19,20,22)/t13-,14+,15+/m1/s1. The number of carbonyl (C=O) groups is 1. The quantitative estimate of drug-likeness (QED) is 0.852. The molecule has 0 radical (unpaired) electrons. The Morgan fingerprint density at radius 2 is 2.33 bits per heavy atom. The molecule has 0 unspecified atom stereocenters. The lowest BCUT2D eigenvalue weighted by Crippen LogP contribution is -2.48. The van der Waals surface area contributed by atoms with Gasteiger partial charge in [0.25, 0.3) is 0 Å². The molecule has 2 amide bonds. The lowest BCUT2D eigenvalue weighted by atomic mass is 9.90. The van der Waals surface area contributed by atoms with Crippen LogP contribution in [0.2, 0.25) is 0 Å². The number of rotatable bonds is 6. The molecule has 1 saturated carbocycles. The van der Waals surface area contributed by atoms with E-state index in [0.29, 0.717) is 12.4 Å². The average Bonchev–Trinajstić information content (AvgIpc) is 3.29. The number of hydrogen-bond donors (Lipinski definition) is 2. The number of ether oxygens (including phenoxy) is 1. The Morgan fingerprint density at radius 1 is 1.46 bits per heavy atom. The maximum absolute atomic E-state index is 12.5. The highest BCUT2D eigenvalue weighted by Crippen LogP contribution is 2.28. The first-order valence-electron chi connectivity index (χ1n) is 8.36. The minimum atomic E-state index is -0.309. The molecule has 1 fully saturated rings. The predicted octanol–water partition coefficient (Wildman–Crippen LogP) is 2.65. The molecule has 7 nitrogen and oxygen atoms in total. The zero-order chi connectivity index (χ0) is 16.8. The number of methoxy groups -OCH3 is 1. The van der Waals surface area contributed by atoms with Crippen LogP contribution in [0, 0.1) is 0 Å². The average molecular weight is 332 g/mol. The van der Waals surface area contributed by atoms with E-state index in [0.717, 1.165) is 25.7 Å². The summed E-state index contributed by atoms with van der Waals surface area (Å²) in [6, 6.07) is 5.29. The molecular formula is C17H24N4O3. The fourth-order valence-corrected chi connectivity index (χ4v) is 3.29. The van der Waals surface area contributed by atoms with Crippen LogP contribution in [0.5, 0.6) is 0 Å². The van der Waals surface area contributed by atoms with Crippen molar-refractivity contribution in [2.24, 2.45) is 0 Å². The Morgan fingerprint density at radius 3 is 3.04 bits per heavy atom. The summed E-state index contributed by atoms with van der Waals surface area (Å²) in [5, 5.41) is 10.4. The third-order valence-corrected chi connectivity index (χ3v) is 4.44. The summed E-state index contributed by atoms with van der Waals surface area (Å²) in [6.45, 7) is 0.355. The van der Waals surface area contributed by atoms with E-state index in [4.69, 9.17) is 9.15 Å². The van der Waals surface area contributed by atoms with Crippen LogP contribution in [0.3, 0.4) is 0 Å². The van der Waals surface area contributed by atoms with Crippen LogP contribution in [0.15, 0.2) is 41.3 Å². The summed E-state index contributed by atoms with van der Waals surface area (Å²) < 4.78 is 12.5. The molecule has 2 N–H and O–H groups in total. The number of urea groups is 1. The van der Waals surface area contributed by atoms with E-state index in [9.17, 15) is 4.79 Å². The van der Waals surface area contributed by atoms with Gasteiger partial charge >= 0.3 is 6.03 Å². The zero-order valence-electron chi connectivity index (χ0n) is 13.9. The van der Waals surface area contributed by atoms with Crippen LogP contribution in [-0.2, 0) is 4.74 Å². The van der Waals surface area contributed by atoms with Crippen molar-refractivity contribution in [2.45, 2.75) is 43.8 Å². The van der Waals surface area contributed by atoms with Crippen molar-refractivity contribution in [2.75, 3.05) is 13.7 Å². The highest BCUT2D eigenvalue weighted by atomic mass is 16.5. The molecule has 0 saturated heterocycles. The van der Waals surface area contributed by atoms with Crippen LogP contribution in [-0.4, -0.2) is 35.6 Å². The fraction of sp³-hybridized carbons (Fsp3) is 0.529. The van der Waals surface area contributed by atoms with Gasteiger partial charge in [-0.3, -0.25) is 4.68 Å². The molecule has 24 heavy (non-hydrogen) atoms. The Kier molecular flexibility index (Phi) is 5.53. The van der Waals surface area contributed by atoms with E-state index in [1.807, 2.05) is 23.0 Å². The van der Waals surface area contributed by atoms with Crippen molar-refractivity contribution >= 4 is 6.03 Å². The zero-order valence-corrected chi connectivity index (χ0v) is 13.9. The first kappa shape index (κ1) is 16.6. The van der Waals surface area contributed by atoms with Gasteiger partial charge in [0.1, 0.15) is 11.8 Å². The molecule has 0 aromatic carbocycles. The summed E-state index contributed by atoms with van der Waals surface area (Å²) in [5.41, 5.74) is 0. The van der Waals surface area contributed by atoms with Crippen molar-refractivity contribution < 1.29 is 13.9 Å². The highest BCUT2D eigenvalue weighted by molar-refractivity contribution is 5.74. The fourth-order valence-electron chi connectivity index (χ4n) is 3.29. The molecule has 0 spiro atoms. The summed E-state index contributed by atoms with van der Waals surface area (Å²) in [5.74, 6) is 0.680. The van der Waals surface area contributed by atoms with Crippen molar-refractivity contribution in [1.82, 2.24) is 20.4 Å². The molecule has 2 aromatic heterocycles. The number of nitrogens with one attached hydrogen (secondary N) is 2. The number of nitrogens with zero attached hydrogens (tertiary/aromatic N) is 2. The Hall–Kier alpha value is -2.28. The van der Waals surface area contributed by atoms with Gasteiger partial charge in [-0.2, -0.15) is 5.10 Å². The van der Waals surface area contributed by atoms with Crippen molar-refractivity contribution in [3.63, 3.8) is 0 Å². The second kappa shape index (κ2) is 8.01. The maximum Gasteiger partial charge on any atom is 0.315 e. The smallest absolute Gasteiger partial charge is 0.315 e. The molecule has 7 heteroatoms. The second-order valence-corrected chi connectivity index (χ2v) is 6.09. The van der Waals surface area contributed by atoms with Crippen molar-refractivity contribution in [3.8, 4) is 0 Å². The van der Waals surface area contributed by atoms with Crippen LogP contribution in [0.4, 0.5) is 4.79 Å². The highest BCUT2D eigenvalue weighted by Gasteiger charge is 2.29. The van der Waals surface area contributed by atoms with E-state index in [-0.39, 0.29) is 24.2 Å². The van der Waals surface area contributed by atoms with Gasteiger partial charge in [0.15, 0.2) is 0 Å². The third kappa shape index (κ3) is 3.97. The van der Waals surface area contributed by atoms with Gasteiger partial charge in [-0.1, -0.05) is 12.8 Å². The van der Waals surface area contributed by atoms with E-state index in [1.54, 1.807) is 25.6 Å². The van der Waals surface area contributed by atoms with E-state index in [1.165, 1.54) is 0 Å². The van der Waals surface area contributed by atoms with Crippen LogP contribution in [0.25, 0.3) is 0 Å². The molecule has 3 atom stereocenters. The summed E-state index contributed by atoms with van der Waals surface area (Å²) in [7, 11) is 1.60. The molecular weight excluding hydrogens is 308 g/mol. The minimum Gasteiger partial charge on any atom is -0.467 e. The van der Waals surface area contributed by atoms with Crippen molar-refractivity contribution in [1.29, 1.82) is 0 Å². The number of carbonyl (C=O) groups excluding carboxylic acids is 1. The number of aromatic nitrogens is 2. The van der Waals surface area contributed by atoms with E-state index < -0.39 is 0 Å².